The summed E-state index contributed by atoms with van der Waals surface area (Å²) in [7, 11) is 0. The van der Waals surface area contributed by atoms with Crippen LogP contribution in [0.25, 0.3) is 11.1 Å². The maximum Gasteiger partial charge on any atom is 0.0102 e. The predicted octanol–water partition coefficient (Wildman–Crippen LogP) is 9.67. The van der Waals surface area contributed by atoms with Gasteiger partial charge in [-0.15, -0.1) is 0 Å². The minimum Gasteiger partial charge on any atom is -0.0654 e. The highest BCUT2D eigenvalue weighted by molar-refractivity contribution is 5.78. The maximum atomic E-state index is 2.35. The van der Waals surface area contributed by atoms with Crippen LogP contribution in [-0.2, 0) is 0 Å². The molecule has 0 saturated heterocycles. The highest BCUT2D eigenvalue weighted by Gasteiger charge is 2.27. The Bertz CT molecular complexity index is 653. The van der Waals surface area contributed by atoms with Gasteiger partial charge in [0.15, 0.2) is 0 Å². The Labute approximate surface area is 180 Å². The molecule has 0 saturated carbocycles. The van der Waals surface area contributed by atoms with E-state index < -0.39 is 0 Å². The van der Waals surface area contributed by atoms with E-state index in [-0.39, 0.29) is 0 Å². The van der Waals surface area contributed by atoms with Crippen LogP contribution in [0.4, 0.5) is 0 Å². The van der Waals surface area contributed by atoms with Gasteiger partial charge in [0.2, 0.25) is 0 Å². The fourth-order valence-corrected chi connectivity index (χ4v) is 5.11. The van der Waals surface area contributed by atoms with Crippen molar-refractivity contribution in [2.24, 2.45) is 0 Å². The van der Waals surface area contributed by atoms with E-state index in [1.807, 2.05) is 0 Å². The minimum atomic E-state index is 0.625. The third kappa shape index (κ3) is 6.73. The molecule has 3 rings (SSSR count). The molecule has 0 unspecified atom stereocenters. The molecule has 0 aromatic heterocycles. The first-order chi connectivity index (χ1) is 14.4. The van der Waals surface area contributed by atoms with Crippen LogP contribution in [0.2, 0.25) is 0 Å². The molecule has 0 spiro atoms. The molecule has 1 aliphatic carbocycles. The van der Waals surface area contributed by atoms with Crippen molar-refractivity contribution in [1.29, 1.82) is 0 Å². The Morgan fingerprint density at radius 2 is 0.862 bits per heavy atom. The molecule has 1 aliphatic rings. The molecule has 0 atom stereocenters. The van der Waals surface area contributed by atoms with Crippen LogP contribution in [0.1, 0.15) is 120 Å². The molecule has 2 aromatic carbocycles. The van der Waals surface area contributed by atoms with Gasteiger partial charge < -0.3 is 0 Å². The van der Waals surface area contributed by atoms with E-state index in [1.165, 1.54) is 107 Å². The third-order valence-corrected chi connectivity index (χ3v) is 6.81. The third-order valence-electron chi connectivity index (χ3n) is 6.81. The number of benzene rings is 2. The SMILES string of the molecule is CCCCCCCCCCCCCCCCC1c2ccccc2-c2ccccc21. The average Bonchev–Trinajstić information content (AvgIpc) is 3.08. The van der Waals surface area contributed by atoms with Crippen molar-refractivity contribution >= 4 is 0 Å². The molecule has 0 aliphatic heterocycles. The molecule has 0 fully saturated rings. The van der Waals surface area contributed by atoms with Crippen molar-refractivity contribution in [3.63, 3.8) is 0 Å². The van der Waals surface area contributed by atoms with Crippen LogP contribution in [0.3, 0.4) is 0 Å². The topological polar surface area (TPSA) is 0 Å². The van der Waals surface area contributed by atoms with E-state index in [0.29, 0.717) is 5.92 Å². The van der Waals surface area contributed by atoms with E-state index in [9.17, 15) is 0 Å². The van der Waals surface area contributed by atoms with E-state index in [2.05, 4.69) is 55.5 Å². The van der Waals surface area contributed by atoms with Crippen molar-refractivity contribution < 1.29 is 0 Å². The second-order valence-corrected chi connectivity index (χ2v) is 9.11. The molecule has 0 N–H and O–H groups in total. The molecule has 0 heteroatoms. The van der Waals surface area contributed by atoms with Gasteiger partial charge >= 0.3 is 0 Å². The predicted molar refractivity (Wildman–Crippen MR) is 129 cm³/mol. The van der Waals surface area contributed by atoms with E-state index in [0.717, 1.165) is 0 Å². The zero-order chi connectivity index (χ0) is 20.2. The van der Waals surface area contributed by atoms with Gasteiger partial charge in [-0.05, 0) is 28.7 Å². The molecule has 29 heavy (non-hydrogen) atoms. The molecule has 0 radical (unpaired) electrons. The monoisotopic (exact) mass is 390 g/mol. The lowest BCUT2D eigenvalue weighted by Crippen LogP contribution is -1.96. The first-order valence-electron chi connectivity index (χ1n) is 12.6. The first kappa shape index (κ1) is 22.1. The van der Waals surface area contributed by atoms with Gasteiger partial charge in [0, 0.05) is 5.92 Å². The summed E-state index contributed by atoms with van der Waals surface area (Å²) in [6, 6.07) is 18.1. The number of hydrogen-bond acceptors (Lipinski definition) is 0. The van der Waals surface area contributed by atoms with Gasteiger partial charge in [-0.3, -0.25) is 0 Å². The van der Waals surface area contributed by atoms with Crippen LogP contribution >= 0.6 is 0 Å². The van der Waals surface area contributed by atoms with Gasteiger partial charge in [-0.25, -0.2) is 0 Å². The van der Waals surface area contributed by atoms with Crippen LogP contribution in [0.15, 0.2) is 48.5 Å². The Morgan fingerprint density at radius 1 is 0.483 bits per heavy atom. The van der Waals surface area contributed by atoms with Crippen molar-refractivity contribution in [3.05, 3.63) is 59.7 Å². The van der Waals surface area contributed by atoms with Gasteiger partial charge in [-0.2, -0.15) is 0 Å². The quantitative estimate of drug-likeness (QED) is 0.265. The standard InChI is InChI=1S/C29H42/c1-2-3-4-5-6-7-8-9-10-11-12-13-14-15-20-25-26-21-16-18-23-28(26)29-24-19-17-22-27(25)29/h16-19,21-25H,2-15,20H2,1H3. The van der Waals surface area contributed by atoms with Crippen molar-refractivity contribution in [1.82, 2.24) is 0 Å². The largest absolute Gasteiger partial charge is 0.0654 e. The summed E-state index contributed by atoms with van der Waals surface area (Å²) in [4.78, 5) is 0. The van der Waals surface area contributed by atoms with Crippen molar-refractivity contribution in [2.75, 3.05) is 0 Å². The van der Waals surface area contributed by atoms with E-state index in [1.54, 1.807) is 11.1 Å². The molecular formula is C29H42. The molecule has 2 aromatic rings. The van der Waals surface area contributed by atoms with Gasteiger partial charge in [0.1, 0.15) is 0 Å². The molecule has 0 heterocycles. The van der Waals surface area contributed by atoms with E-state index >= 15 is 0 Å². The molecular weight excluding hydrogens is 348 g/mol. The zero-order valence-electron chi connectivity index (χ0n) is 18.8. The fraction of sp³-hybridized carbons (Fsp3) is 0.586. The van der Waals surface area contributed by atoms with Gasteiger partial charge in [-0.1, -0.05) is 145 Å². The van der Waals surface area contributed by atoms with Crippen LogP contribution in [0.5, 0.6) is 0 Å². The van der Waals surface area contributed by atoms with E-state index in [4.69, 9.17) is 0 Å². The lowest BCUT2D eigenvalue weighted by molar-refractivity contribution is 0.528. The highest BCUT2D eigenvalue weighted by atomic mass is 14.3. The van der Waals surface area contributed by atoms with Crippen LogP contribution in [-0.4, -0.2) is 0 Å². The van der Waals surface area contributed by atoms with Crippen molar-refractivity contribution in [2.45, 2.75) is 109 Å². The van der Waals surface area contributed by atoms with Crippen LogP contribution < -0.4 is 0 Å². The fourth-order valence-electron chi connectivity index (χ4n) is 5.11. The number of rotatable bonds is 15. The second-order valence-electron chi connectivity index (χ2n) is 9.11. The first-order valence-corrected chi connectivity index (χ1v) is 12.6. The Hall–Kier alpha value is -1.56. The molecule has 0 nitrogen and oxygen atoms in total. The summed E-state index contributed by atoms with van der Waals surface area (Å²) in [5.41, 5.74) is 6.06. The summed E-state index contributed by atoms with van der Waals surface area (Å²) in [6.07, 6.45) is 21.4. The molecule has 158 valence electrons. The van der Waals surface area contributed by atoms with Crippen molar-refractivity contribution in [3.8, 4) is 11.1 Å². The number of unbranched alkanes of at least 4 members (excludes halogenated alkanes) is 13. The average molecular weight is 391 g/mol. The summed E-state index contributed by atoms with van der Waals surface area (Å²) in [5, 5.41) is 0. The van der Waals surface area contributed by atoms with Gasteiger partial charge in [0.25, 0.3) is 0 Å². The molecule has 0 amide bonds. The number of fused-ring (bicyclic) bond motifs is 3. The maximum absolute atomic E-state index is 2.35. The second kappa shape index (κ2) is 12.9. The minimum absolute atomic E-state index is 0.625. The van der Waals surface area contributed by atoms with Crippen LogP contribution in [0, 0.1) is 0 Å². The normalized spacial score (nSPS) is 12.9. The Balaban J connectivity index is 1.24. The van der Waals surface area contributed by atoms with Gasteiger partial charge in [0.05, 0.1) is 0 Å². The summed E-state index contributed by atoms with van der Waals surface area (Å²) in [6.45, 7) is 2.30. The lowest BCUT2D eigenvalue weighted by atomic mass is 9.91. The Morgan fingerprint density at radius 3 is 1.31 bits per heavy atom. The summed E-state index contributed by atoms with van der Waals surface area (Å²) < 4.78 is 0. The molecule has 0 bridgehead atoms. The smallest absolute Gasteiger partial charge is 0.0102 e. The summed E-state index contributed by atoms with van der Waals surface area (Å²) in [5.74, 6) is 0.625. The highest BCUT2D eigenvalue weighted by Crippen LogP contribution is 2.46. The lowest BCUT2D eigenvalue weighted by Gasteiger charge is -2.13. The number of hydrogen-bond donors (Lipinski definition) is 0. The zero-order valence-corrected chi connectivity index (χ0v) is 18.8. The summed E-state index contributed by atoms with van der Waals surface area (Å²) >= 11 is 0. The Kier molecular flexibility index (Phi) is 9.83.